The van der Waals surface area contributed by atoms with E-state index in [1.165, 1.54) is 25.7 Å². The van der Waals surface area contributed by atoms with E-state index in [0.717, 1.165) is 54.6 Å². The van der Waals surface area contributed by atoms with Gasteiger partial charge in [0.05, 0.1) is 29.3 Å². The highest BCUT2D eigenvalue weighted by atomic mass is 35.5. The van der Waals surface area contributed by atoms with Crippen molar-refractivity contribution in [1.29, 1.82) is 0 Å². The number of hydrogen-bond donors (Lipinski definition) is 2. The van der Waals surface area contributed by atoms with Gasteiger partial charge in [-0.15, -0.1) is 0 Å². The first-order valence-electron chi connectivity index (χ1n) is 9.78. The summed E-state index contributed by atoms with van der Waals surface area (Å²) < 4.78 is 0. The minimum Gasteiger partial charge on any atom is -0.384 e. The van der Waals surface area contributed by atoms with Gasteiger partial charge in [0.2, 0.25) is 5.95 Å². The molecule has 3 N–H and O–H groups in total. The highest BCUT2D eigenvalue weighted by Crippen LogP contribution is 2.49. The van der Waals surface area contributed by atoms with Gasteiger partial charge in [-0.2, -0.15) is 0 Å². The van der Waals surface area contributed by atoms with Gasteiger partial charge in [0.15, 0.2) is 0 Å². The smallest absolute Gasteiger partial charge is 0.225 e. The van der Waals surface area contributed by atoms with Crippen LogP contribution in [0.25, 0.3) is 0 Å². The van der Waals surface area contributed by atoms with E-state index in [0.29, 0.717) is 10.8 Å². The minimum atomic E-state index is 0.591. The predicted octanol–water partition coefficient (Wildman–Crippen LogP) is 3.77. The van der Waals surface area contributed by atoms with Crippen LogP contribution in [0.15, 0.2) is 24.7 Å². The Hall–Kier alpha value is -2.08. The largest absolute Gasteiger partial charge is 0.384 e. The third-order valence-corrected chi connectivity index (χ3v) is 6.17. The molecule has 27 heavy (non-hydrogen) atoms. The SMILES string of the molecule is Cc1cc(NCC[C@@H]2C[C@@H]2C2CCN(c3ncc(Cl)cn3)CC2)cnc1N. The Morgan fingerprint density at radius 1 is 1.19 bits per heavy atom. The summed E-state index contributed by atoms with van der Waals surface area (Å²) in [4.78, 5) is 15.2. The molecule has 1 aliphatic heterocycles. The standard InChI is InChI=1S/C20H27ClN6/c1-13-8-17(12-24-19(13)22)23-5-2-15-9-18(15)14-3-6-27(7-4-14)20-25-10-16(21)11-26-20/h8,10-12,14-15,18,23H,2-7,9H2,1H3,(H2,22,24)/t15-,18-/m1/s1. The molecule has 0 spiro atoms. The maximum atomic E-state index is 5.88. The summed E-state index contributed by atoms with van der Waals surface area (Å²) in [6.07, 6.45) is 10.3. The van der Waals surface area contributed by atoms with Crippen LogP contribution in [0.2, 0.25) is 5.02 Å². The third kappa shape index (κ3) is 4.43. The van der Waals surface area contributed by atoms with Crippen molar-refractivity contribution in [2.24, 2.45) is 17.8 Å². The second-order valence-corrected chi connectivity index (χ2v) is 8.26. The fraction of sp³-hybridized carbons (Fsp3) is 0.550. The van der Waals surface area contributed by atoms with Gasteiger partial charge in [-0.05, 0) is 62.0 Å². The third-order valence-electron chi connectivity index (χ3n) is 5.97. The number of hydrogen-bond acceptors (Lipinski definition) is 6. The zero-order chi connectivity index (χ0) is 18.8. The van der Waals surface area contributed by atoms with E-state index >= 15 is 0 Å². The number of aryl methyl sites for hydroxylation is 1. The minimum absolute atomic E-state index is 0.591. The maximum absolute atomic E-state index is 5.88. The van der Waals surface area contributed by atoms with Crippen molar-refractivity contribution in [1.82, 2.24) is 15.0 Å². The van der Waals surface area contributed by atoms with Crippen LogP contribution in [0.1, 0.15) is 31.2 Å². The summed E-state index contributed by atoms with van der Waals surface area (Å²) in [6.45, 7) is 5.09. The molecule has 2 atom stereocenters. The number of halogens is 1. The Morgan fingerprint density at radius 2 is 1.93 bits per heavy atom. The van der Waals surface area contributed by atoms with E-state index in [9.17, 15) is 0 Å². The lowest BCUT2D eigenvalue weighted by molar-refractivity contribution is 0.343. The number of rotatable bonds is 6. The average molecular weight is 387 g/mol. The molecule has 0 amide bonds. The summed E-state index contributed by atoms with van der Waals surface area (Å²) in [5, 5.41) is 4.08. The fourth-order valence-electron chi connectivity index (χ4n) is 4.26. The van der Waals surface area contributed by atoms with Crippen LogP contribution >= 0.6 is 11.6 Å². The van der Waals surface area contributed by atoms with Gasteiger partial charge in [0.25, 0.3) is 0 Å². The lowest BCUT2D eigenvalue weighted by atomic mass is 9.90. The molecule has 2 aromatic heterocycles. The number of nitrogens with zero attached hydrogens (tertiary/aromatic N) is 4. The monoisotopic (exact) mass is 386 g/mol. The van der Waals surface area contributed by atoms with Crippen molar-refractivity contribution in [3.05, 3.63) is 35.2 Å². The van der Waals surface area contributed by atoms with Gasteiger partial charge in [0, 0.05) is 19.6 Å². The number of nitrogens with one attached hydrogen (secondary N) is 1. The molecular formula is C20H27ClN6. The highest BCUT2D eigenvalue weighted by molar-refractivity contribution is 6.30. The Balaban J connectivity index is 1.19. The van der Waals surface area contributed by atoms with Crippen molar-refractivity contribution in [2.45, 2.75) is 32.6 Å². The van der Waals surface area contributed by atoms with Crippen molar-refractivity contribution < 1.29 is 0 Å². The normalized spacial score (nSPS) is 22.7. The lowest BCUT2D eigenvalue weighted by Crippen LogP contribution is -2.35. The summed E-state index contributed by atoms with van der Waals surface area (Å²) >= 11 is 5.88. The Bertz CT molecular complexity index is 773. The summed E-state index contributed by atoms with van der Waals surface area (Å²) in [7, 11) is 0. The quantitative estimate of drug-likeness (QED) is 0.786. The average Bonchev–Trinajstić information content (AvgIpc) is 3.45. The molecule has 0 unspecified atom stereocenters. The Labute approximate surface area is 165 Å². The Kier molecular flexibility index (Phi) is 5.34. The number of nitrogens with two attached hydrogens (primary N) is 1. The van der Waals surface area contributed by atoms with E-state index in [2.05, 4.69) is 31.2 Å². The zero-order valence-corrected chi connectivity index (χ0v) is 16.5. The molecule has 0 bridgehead atoms. The van der Waals surface area contributed by atoms with Gasteiger partial charge < -0.3 is 16.0 Å². The molecule has 2 aromatic rings. The van der Waals surface area contributed by atoms with Gasteiger partial charge in [-0.25, -0.2) is 15.0 Å². The molecule has 2 fully saturated rings. The van der Waals surface area contributed by atoms with Gasteiger partial charge in [0.1, 0.15) is 5.82 Å². The van der Waals surface area contributed by atoms with Crippen LogP contribution in [-0.2, 0) is 0 Å². The van der Waals surface area contributed by atoms with Crippen molar-refractivity contribution in [3.63, 3.8) is 0 Å². The van der Waals surface area contributed by atoms with Crippen LogP contribution in [0.5, 0.6) is 0 Å². The van der Waals surface area contributed by atoms with Crippen molar-refractivity contribution in [2.75, 3.05) is 35.6 Å². The van der Waals surface area contributed by atoms with Crippen LogP contribution in [0.4, 0.5) is 17.5 Å². The second kappa shape index (κ2) is 7.89. The van der Waals surface area contributed by atoms with E-state index in [-0.39, 0.29) is 0 Å². The molecule has 7 heteroatoms. The summed E-state index contributed by atoms with van der Waals surface area (Å²) in [5.41, 5.74) is 7.87. The van der Waals surface area contributed by atoms with Crippen molar-refractivity contribution >= 4 is 29.1 Å². The number of nitrogen functional groups attached to an aromatic ring is 1. The number of anilines is 3. The van der Waals surface area contributed by atoms with Crippen molar-refractivity contribution in [3.8, 4) is 0 Å². The molecule has 4 rings (SSSR count). The van der Waals surface area contributed by atoms with Crippen LogP contribution in [0, 0.1) is 24.7 Å². The number of aromatic nitrogens is 3. The molecule has 1 aliphatic carbocycles. The summed E-state index contributed by atoms with van der Waals surface area (Å²) in [6, 6.07) is 2.07. The van der Waals surface area contributed by atoms with E-state index in [4.69, 9.17) is 17.3 Å². The van der Waals surface area contributed by atoms with Gasteiger partial charge >= 0.3 is 0 Å². The first kappa shape index (κ1) is 18.3. The zero-order valence-electron chi connectivity index (χ0n) is 15.7. The summed E-state index contributed by atoms with van der Waals surface area (Å²) in [5.74, 6) is 4.02. The van der Waals surface area contributed by atoms with Gasteiger partial charge in [-0.3, -0.25) is 0 Å². The first-order chi connectivity index (χ1) is 13.1. The Morgan fingerprint density at radius 3 is 2.63 bits per heavy atom. The maximum Gasteiger partial charge on any atom is 0.225 e. The molecule has 6 nitrogen and oxygen atoms in total. The topological polar surface area (TPSA) is 80.0 Å². The lowest BCUT2D eigenvalue weighted by Gasteiger charge is -2.32. The van der Waals surface area contributed by atoms with E-state index in [1.54, 1.807) is 12.4 Å². The highest BCUT2D eigenvalue weighted by Gasteiger charge is 2.43. The van der Waals surface area contributed by atoms with E-state index in [1.807, 2.05) is 13.1 Å². The molecule has 144 valence electrons. The molecule has 0 radical (unpaired) electrons. The molecular weight excluding hydrogens is 360 g/mol. The second-order valence-electron chi connectivity index (χ2n) is 7.83. The number of piperidine rings is 1. The molecule has 1 saturated carbocycles. The van der Waals surface area contributed by atoms with Crippen LogP contribution < -0.4 is 16.0 Å². The van der Waals surface area contributed by atoms with Gasteiger partial charge in [-0.1, -0.05) is 11.6 Å². The van der Waals surface area contributed by atoms with Crippen LogP contribution in [0.3, 0.4) is 0 Å². The molecule has 1 saturated heterocycles. The molecule has 2 aliphatic rings. The predicted molar refractivity (Wildman–Crippen MR) is 110 cm³/mol. The molecule has 3 heterocycles. The van der Waals surface area contributed by atoms with Crippen LogP contribution in [-0.4, -0.2) is 34.6 Å². The number of pyridine rings is 1. The first-order valence-corrected chi connectivity index (χ1v) is 10.2. The molecule has 0 aromatic carbocycles. The fourth-order valence-corrected chi connectivity index (χ4v) is 4.36. The van der Waals surface area contributed by atoms with E-state index < -0.39 is 0 Å².